The molecule has 4 aliphatic rings. The van der Waals surface area contributed by atoms with Gasteiger partial charge in [0.15, 0.2) is 11.5 Å². The van der Waals surface area contributed by atoms with Crippen LogP contribution >= 0.6 is 0 Å². The number of nitrogens with one attached hydrogen (secondary N) is 2. The quantitative estimate of drug-likeness (QED) is 0.170. The topological polar surface area (TPSA) is 172 Å². The summed E-state index contributed by atoms with van der Waals surface area (Å²) in [7, 11) is 0. The normalized spacial score (nSPS) is 22.2. The monoisotopic (exact) mass is 782 g/mol. The molecular formula is C43H50N12O3. The number of fused-ring (bicyclic) bond motifs is 1. The summed E-state index contributed by atoms with van der Waals surface area (Å²) >= 11 is 0. The van der Waals surface area contributed by atoms with Gasteiger partial charge < -0.3 is 15.0 Å². The molecule has 0 bridgehead atoms. The van der Waals surface area contributed by atoms with Crippen molar-refractivity contribution in [3.05, 3.63) is 78.0 Å². The standard InChI is InChI=1S/C43H50N12O3/c44-23-31-21-34-26-48-55(42(34)47-25-31)40-22-37(45-24-30-12-19-58-20-13-30)39(27-46-40)54-28-38(50-51-54)33-3-1-29(2-4-33)11-14-52-15-17-53(18-16-52)35-7-5-32(6-8-35)36-9-10-41(56)49-43(36)57/h5-8,21-22,25-30,33,36H,1-4,9-20,24H2,(H,45,46)(H,49,56,57). The molecule has 0 spiro atoms. The molecule has 1 atom stereocenters. The molecule has 1 unspecified atom stereocenters. The predicted molar refractivity (Wildman–Crippen MR) is 218 cm³/mol. The van der Waals surface area contributed by atoms with Crippen molar-refractivity contribution in [2.24, 2.45) is 11.8 Å². The number of nitrogens with zero attached hydrogens (tertiary/aromatic N) is 10. The van der Waals surface area contributed by atoms with Crippen molar-refractivity contribution in [2.75, 3.05) is 62.7 Å². The molecule has 4 fully saturated rings. The number of piperidine rings is 1. The van der Waals surface area contributed by atoms with Crippen molar-refractivity contribution in [1.29, 1.82) is 5.26 Å². The van der Waals surface area contributed by atoms with Crippen molar-refractivity contribution in [3.63, 3.8) is 0 Å². The van der Waals surface area contributed by atoms with E-state index in [2.05, 4.69) is 60.1 Å². The van der Waals surface area contributed by atoms with Crippen molar-refractivity contribution in [1.82, 2.24) is 45.0 Å². The smallest absolute Gasteiger partial charge is 0.234 e. The molecule has 15 nitrogen and oxygen atoms in total. The van der Waals surface area contributed by atoms with Crippen molar-refractivity contribution in [3.8, 4) is 17.6 Å². The zero-order valence-electron chi connectivity index (χ0n) is 32.8. The maximum atomic E-state index is 12.3. The van der Waals surface area contributed by atoms with E-state index in [4.69, 9.17) is 14.8 Å². The molecule has 7 heterocycles. The summed E-state index contributed by atoms with van der Waals surface area (Å²) in [4.78, 5) is 38.2. The van der Waals surface area contributed by atoms with Gasteiger partial charge in [-0.2, -0.15) is 15.0 Å². The second kappa shape index (κ2) is 17.0. The number of carbonyl (C=O) groups excluding carboxylic acids is 2. The fraction of sp³-hybridized carbons (Fsp3) is 0.488. The highest BCUT2D eigenvalue weighted by Gasteiger charge is 2.29. The maximum absolute atomic E-state index is 12.3. The number of rotatable bonds is 11. The van der Waals surface area contributed by atoms with Crippen LogP contribution in [0.1, 0.15) is 86.4 Å². The van der Waals surface area contributed by atoms with Gasteiger partial charge in [0, 0.05) is 81.6 Å². The van der Waals surface area contributed by atoms with Gasteiger partial charge in [0.05, 0.1) is 41.5 Å². The number of carbonyl (C=O) groups is 2. The van der Waals surface area contributed by atoms with Crippen LogP contribution in [-0.2, 0) is 14.3 Å². The second-order valence-electron chi connectivity index (χ2n) is 16.3. The lowest BCUT2D eigenvalue weighted by Crippen LogP contribution is -2.47. The fourth-order valence-corrected chi connectivity index (χ4v) is 9.08. The maximum Gasteiger partial charge on any atom is 0.234 e. The Kier molecular flexibility index (Phi) is 11.1. The highest BCUT2D eigenvalue weighted by molar-refractivity contribution is 6.01. The Balaban J connectivity index is 0.785. The van der Waals surface area contributed by atoms with Crippen molar-refractivity contribution < 1.29 is 14.3 Å². The summed E-state index contributed by atoms with van der Waals surface area (Å²) < 4.78 is 9.16. The lowest BCUT2D eigenvalue weighted by molar-refractivity contribution is -0.134. The summed E-state index contributed by atoms with van der Waals surface area (Å²) in [5.74, 6) is 1.65. The van der Waals surface area contributed by atoms with Crippen LogP contribution in [-0.4, -0.2) is 104 Å². The highest BCUT2D eigenvalue weighted by atomic mass is 16.5. The number of aromatic nitrogens is 7. The summed E-state index contributed by atoms with van der Waals surface area (Å²) in [6.45, 7) is 7.60. The predicted octanol–water partition coefficient (Wildman–Crippen LogP) is 5.11. The van der Waals surface area contributed by atoms with E-state index in [1.807, 2.05) is 29.1 Å². The van der Waals surface area contributed by atoms with E-state index < -0.39 is 0 Å². The van der Waals surface area contributed by atoms with Crippen molar-refractivity contribution >= 4 is 34.2 Å². The lowest BCUT2D eigenvalue weighted by Gasteiger charge is -2.37. The minimum atomic E-state index is -0.242. The first kappa shape index (κ1) is 37.8. The van der Waals surface area contributed by atoms with E-state index in [0.29, 0.717) is 41.7 Å². The molecule has 1 aliphatic carbocycles. The van der Waals surface area contributed by atoms with Crippen LogP contribution in [0, 0.1) is 23.2 Å². The van der Waals surface area contributed by atoms with Gasteiger partial charge in [-0.3, -0.25) is 19.8 Å². The number of pyridine rings is 2. The third kappa shape index (κ3) is 8.30. The van der Waals surface area contributed by atoms with Gasteiger partial charge in [-0.1, -0.05) is 17.3 Å². The number of benzene rings is 1. The van der Waals surface area contributed by atoms with Gasteiger partial charge in [0.1, 0.15) is 11.8 Å². The first-order chi connectivity index (χ1) is 28.5. The van der Waals surface area contributed by atoms with Crippen LogP contribution in [0.3, 0.4) is 0 Å². The van der Waals surface area contributed by atoms with Gasteiger partial charge >= 0.3 is 0 Å². The zero-order valence-corrected chi connectivity index (χ0v) is 32.8. The molecule has 9 rings (SSSR count). The third-order valence-electron chi connectivity index (χ3n) is 12.7. The van der Waals surface area contributed by atoms with Crippen LogP contribution in [0.5, 0.6) is 0 Å². The van der Waals surface area contributed by atoms with E-state index >= 15 is 0 Å². The fourth-order valence-electron chi connectivity index (χ4n) is 9.08. The molecule has 1 saturated carbocycles. The van der Waals surface area contributed by atoms with Crippen molar-refractivity contribution in [2.45, 2.75) is 69.6 Å². The first-order valence-electron chi connectivity index (χ1n) is 20.9. The summed E-state index contributed by atoms with van der Waals surface area (Å²) in [6.07, 6.45) is 16.1. The molecule has 2 amide bonds. The largest absolute Gasteiger partial charge is 0.383 e. The lowest BCUT2D eigenvalue weighted by atomic mass is 9.79. The highest BCUT2D eigenvalue weighted by Crippen LogP contribution is 2.37. The molecular weight excluding hydrogens is 733 g/mol. The van der Waals surface area contributed by atoms with E-state index in [-0.39, 0.29) is 17.7 Å². The molecule has 3 saturated heterocycles. The molecule has 2 N–H and O–H groups in total. The molecule has 1 aromatic carbocycles. The number of ether oxygens (including phenoxy) is 1. The number of nitriles is 1. The number of amides is 2. The zero-order chi connectivity index (χ0) is 39.4. The Morgan fingerprint density at radius 3 is 2.48 bits per heavy atom. The average molecular weight is 783 g/mol. The van der Waals surface area contributed by atoms with Crippen LogP contribution in [0.4, 0.5) is 11.4 Å². The number of hydrogen-bond acceptors (Lipinski definition) is 12. The Morgan fingerprint density at radius 1 is 0.897 bits per heavy atom. The Morgan fingerprint density at radius 2 is 1.71 bits per heavy atom. The number of piperazine rings is 1. The van der Waals surface area contributed by atoms with Gasteiger partial charge in [-0.05, 0) is 93.5 Å². The molecule has 58 heavy (non-hydrogen) atoms. The van der Waals surface area contributed by atoms with Crippen LogP contribution in [0.25, 0.3) is 22.5 Å². The Labute approximate surface area is 337 Å². The molecule has 15 heteroatoms. The Bertz CT molecular complexity index is 2280. The molecule has 300 valence electrons. The van der Waals surface area contributed by atoms with E-state index in [9.17, 15) is 14.9 Å². The SMILES string of the molecule is N#Cc1cnc2c(cnn2-c2cc(NCC3CCOCC3)c(-n3cc(C4CCC(CCN5CCN(c6ccc(C7CCC(=O)NC7=O)cc6)CC5)CC4)nn3)cn2)c1. The summed E-state index contributed by atoms with van der Waals surface area (Å²) in [5, 5.41) is 30.1. The first-order valence-corrected chi connectivity index (χ1v) is 20.9. The van der Waals surface area contributed by atoms with Gasteiger partial charge in [-0.15, -0.1) is 5.10 Å². The second-order valence-corrected chi connectivity index (χ2v) is 16.3. The number of imide groups is 1. The minimum Gasteiger partial charge on any atom is -0.383 e. The summed E-state index contributed by atoms with van der Waals surface area (Å²) in [5.41, 5.74) is 6.08. The summed E-state index contributed by atoms with van der Waals surface area (Å²) in [6, 6.07) is 14.3. The van der Waals surface area contributed by atoms with Gasteiger partial charge in [0.2, 0.25) is 11.8 Å². The molecule has 3 aliphatic heterocycles. The molecule has 5 aromatic rings. The minimum absolute atomic E-state index is 0.177. The van der Waals surface area contributed by atoms with E-state index in [0.717, 1.165) is 112 Å². The number of hydrogen-bond donors (Lipinski definition) is 2. The Hall–Kier alpha value is -5.72. The van der Waals surface area contributed by atoms with Gasteiger partial charge in [0.25, 0.3) is 0 Å². The molecule has 0 radical (unpaired) electrons. The number of anilines is 2. The third-order valence-corrected chi connectivity index (χ3v) is 12.7. The average Bonchev–Trinajstić information content (AvgIpc) is 3.94. The van der Waals surface area contributed by atoms with Gasteiger partial charge in [-0.25, -0.2) is 14.6 Å². The van der Waals surface area contributed by atoms with Crippen LogP contribution in [0.2, 0.25) is 0 Å². The van der Waals surface area contributed by atoms with Crippen LogP contribution in [0.15, 0.2) is 61.2 Å². The van der Waals surface area contributed by atoms with Crippen LogP contribution < -0.4 is 15.5 Å². The van der Waals surface area contributed by atoms with E-state index in [1.165, 1.54) is 24.9 Å². The molecule has 4 aromatic heterocycles. The van der Waals surface area contributed by atoms with E-state index in [1.54, 1.807) is 23.1 Å².